The van der Waals surface area contributed by atoms with Gasteiger partial charge in [0, 0.05) is 80.7 Å². The van der Waals surface area contributed by atoms with Crippen molar-refractivity contribution >= 4 is 57.8 Å². The molecule has 4 aromatic heterocycles. The molecule has 4 N–H and O–H groups in total. The molecule has 2 fully saturated rings. The third kappa shape index (κ3) is 11.9. The molecule has 8 rings (SSSR count). The topological polar surface area (TPSA) is 136 Å². The lowest BCUT2D eigenvalue weighted by Gasteiger charge is -2.18. The van der Waals surface area contributed by atoms with E-state index in [1.54, 1.807) is 45.8 Å². The van der Waals surface area contributed by atoms with Crippen LogP contribution in [0.2, 0.25) is 10.0 Å². The summed E-state index contributed by atoms with van der Waals surface area (Å²) in [5, 5.41) is 35.6. The first-order chi connectivity index (χ1) is 28.9. The smallest absolute Gasteiger partial charge is 0.335 e. The molecule has 0 spiro atoms. The summed E-state index contributed by atoms with van der Waals surface area (Å²) in [7, 11) is 0. The predicted octanol–water partition coefficient (Wildman–Crippen LogP) is 11.1. The van der Waals surface area contributed by atoms with Crippen LogP contribution in [0.25, 0.3) is 43.1 Å². The lowest BCUT2D eigenvalue weighted by Crippen LogP contribution is -2.29. The summed E-state index contributed by atoms with van der Waals surface area (Å²) >= 11 is 16.1. The van der Waals surface area contributed by atoms with Gasteiger partial charge < -0.3 is 25.5 Å². The molecule has 2 unspecified atom stereocenters. The van der Waals surface area contributed by atoms with Crippen LogP contribution in [0.4, 0.5) is 0 Å². The number of thiophene rings is 2. The number of aromatic nitrogens is 2. The Balaban J connectivity index is 0.000000181. The maximum atomic E-state index is 12.6. The molecule has 0 aliphatic carbocycles. The van der Waals surface area contributed by atoms with Crippen LogP contribution >= 0.6 is 45.9 Å². The van der Waals surface area contributed by atoms with Gasteiger partial charge in [0.1, 0.15) is 0 Å². The van der Waals surface area contributed by atoms with Crippen LogP contribution in [0.15, 0.2) is 96.0 Å². The molecular formula is C48H52Cl2N4O5S2. The van der Waals surface area contributed by atoms with Crippen molar-refractivity contribution in [2.75, 3.05) is 26.2 Å². The van der Waals surface area contributed by atoms with Crippen molar-refractivity contribution in [1.29, 1.82) is 0 Å². The number of hydrogen-bond donors (Lipinski definition) is 4. The predicted molar refractivity (Wildman–Crippen MR) is 250 cm³/mol. The molecular weight excluding hydrogens is 848 g/mol. The van der Waals surface area contributed by atoms with Gasteiger partial charge in [0.05, 0.1) is 27.8 Å². The number of benzene rings is 2. The first kappa shape index (κ1) is 46.1. The number of carbonyl (C=O) groups excluding carboxylic acids is 1. The number of rotatable bonds is 6. The number of aliphatic hydroxyl groups excluding tert-OH is 2. The largest absolute Gasteiger partial charge is 0.478 e. The molecule has 2 aliphatic heterocycles. The van der Waals surface area contributed by atoms with E-state index in [1.807, 2.05) is 36.7 Å². The number of nitrogens with one attached hydrogen (secondary N) is 1. The average Bonchev–Trinajstić information content (AvgIpc) is 4.07. The van der Waals surface area contributed by atoms with Gasteiger partial charge in [0.25, 0.3) is 5.91 Å². The number of halogens is 2. The van der Waals surface area contributed by atoms with Crippen molar-refractivity contribution in [2.24, 2.45) is 0 Å². The highest BCUT2D eigenvalue weighted by Gasteiger charge is 2.26. The second-order valence-corrected chi connectivity index (χ2v) is 19.9. The van der Waals surface area contributed by atoms with Gasteiger partial charge >= 0.3 is 5.97 Å². The van der Waals surface area contributed by atoms with Crippen molar-refractivity contribution in [3.8, 4) is 43.1 Å². The minimum absolute atomic E-state index is 0.00801. The Morgan fingerprint density at radius 2 is 1.20 bits per heavy atom. The Kier molecular flexibility index (Phi) is 14.9. The number of aromatic carboxylic acids is 1. The molecule has 6 heterocycles. The number of hydrogen-bond acceptors (Lipinski definition) is 9. The third-order valence-electron chi connectivity index (χ3n) is 10.4. The molecule has 0 bridgehead atoms. The van der Waals surface area contributed by atoms with Gasteiger partial charge in [-0.3, -0.25) is 14.8 Å². The number of carboxylic acid groups (broad SMARTS) is 1. The van der Waals surface area contributed by atoms with E-state index in [0.29, 0.717) is 35.1 Å². The Bertz CT molecular complexity index is 2480. The molecule has 0 saturated carbocycles. The quantitative estimate of drug-likeness (QED) is 0.130. The molecule has 320 valence electrons. The fourth-order valence-corrected chi connectivity index (χ4v) is 9.34. The van der Waals surface area contributed by atoms with Crippen LogP contribution < -0.4 is 5.32 Å². The Morgan fingerprint density at radius 3 is 1.59 bits per heavy atom. The minimum Gasteiger partial charge on any atom is -0.478 e. The summed E-state index contributed by atoms with van der Waals surface area (Å²) in [4.78, 5) is 36.4. The molecule has 0 radical (unpaired) electrons. The van der Waals surface area contributed by atoms with E-state index in [1.165, 1.54) is 6.07 Å². The van der Waals surface area contributed by atoms with Crippen LogP contribution in [0, 0.1) is 0 Å². The Hall–Kier alpha value is -4.46. The maximum absolute atomic E-state index is 12.6. The maximum Gasteiger partial charge on any atom is 0.335 e. The number of aliphatic hydroxyl groups is 2. The van der Waals surface area contributed by atoms with Crippen molar-refractivity contribution in [3.63, 3.8) is 0 Å². The molecule has 1 amide bonds. The van der Waals surface area contributed by atoms with E-state index in [4.69, 9.17) is 33.4 Å². The van der Waals surface area contributed by atoms with E-state index in [2.05, 4.69) is 91.9 Å². The van der Waals surface area contributed by atoms with Gasteiger partial charge in [-0.2, -0.15) is 0 Å². The zero-order chi connectivity index (χ0) is 44.1. The van der Waals surface area contributed by atoms with E-state index in [-0.39, 0.29) is 28.4 Å². The van der Waals surface area contributed by atoms with E-state index >= 15 is 0 Å². The Labute approximate surface area is 376 Å². The molecule has 2 aliphatic rings. The van der Waals surface area contributed by atoms with Gasteiger partial charge in [-0.1, -0.05) is 76.9 Å². The van der Waals surface area contributed by atoms with Crippen molar-refractivity contribution in [1.82, 2.24) is 20.2 Å². The van der Waals surface area contributed by atoms with Crippen molar-refractivity contribution < 1.29 is 24.9 Å². The number of likely N-dealkylation sites (tertiary alicyclic amines) is 1. The summed E-state index contributed by atoms with van der Waals surface area (Å²) in [5.41, 5.74) is 9.06. The highest BCUT2D eigenvalue weighted by Crippen LogP contribution is 2.39. The minimum atomic E-state index is -0.980. The van der Waals surface area contributed by atoms with Crippen LogP contribution in [0.3, 0.4) is 0 Å². The van der Waals surface area contributed by atoms with Gasteiger partial charge in [-0.15, -0.1) is 22.7 Å². The highest BCUT2D eigenvalue weighted by molar-refractivity contribution is 7.14. The van der Waals surface area contributed by atoms with E-state index in [0.717, 1.165) is 74.0 Å². The number of pyridine rings is 2. The highest BCUT2D eigenvalue weighted by atomic mass is 35.5. The summed E-state index contributed by atoms with van der Waals surface area (Å²) in [6.07, 6.45) is 4.75. The van der Waals surface area contributed by atoms with Gasteiger partial charge in [-0.05, 0) is 113 Å². The lowest BCUT2D eigenvalue weighted by molar-refractivity contribution is 0.0696. The second kappa shape index (κ2) is 19.7. The van der Waals surface area contributed by atoms with Gasteiger partial charge in [-0.25, -0.2) is 4.79 Å². The number of carbonyl (C=O) groups is 2. The lowest BCUT2D eigenvalue weighted by atomic mass is 9.90. The summed E-state index contributed by atoms with van der Waals surface area (Å²) in [6.45, 7) is 15.6. The van der Waals surface area contributed by atoms with Gasteiger partial charge in [0.2, 0.25) is 0 Å². The van der Waals surface area contributed by atoms with Crippen LogP contribution in [0.5, 0.6) is 0 Å². The fraction of sp³-hybridized carbons (Fsp3) is 0.333. The summed E-state index contributed by atoms with van der Waals surface area (Å²) in [5.74, 6) is -1.06. The molecule has 2 aromatic carbocycles. The first-order valence-electron chi connectivity index (χ1n) is 20.2. The van der Waals surface area contributed by atoms with Crippen LogP contribution in [-0.4, -0.2) is 80.5 Å². The summed E-state index contributed by atoms with van der Waals surface area (Å²) < 4.78 is 0. The molecule has 2 atom stereocenters. The molecule has 2 saturated heterocycles. The number of carboxylic acids is 1. The zero-order valence-corrected chi connectivity index (χ0v) is 38.4. The van der Waals surface area contributed by atoms with Gasteiger partial charge in [0.15, 0.2) is 0 Å². The fourth-order valence-electron chi connectivity index (χ4n) is 6.74. The SMILES string of the molecule is CC(C)(C)c1cc(-c2csc(-c3ccc(C(=O)N4CCC(O)C4)cc3Cl)c2)ccn1.CC(C)(C)c1cc(-c2csc(-c3ccc(C(=O)O)cc3Cl)c2)ccn1.OC1CCNC1. The normalized spacial score (nSPS) is 16.4. The molecule has 9 nitrogen and oxygen atoms in total. The zero-order valence-electron chi connectivity index (χ0n) is 35.2. The number of amides is 1. The van der Waals surface area contributed by atoms with Crippen LogP contribution in [-0.2, 0) is 10.8 Å². The van der Waals surface area contributed by atoms with Crippen LogP contribution in [0.1, 0.15) is 86.5 Å². The molecule has 61 heavy (non-hydrogen) atoms. The average molecular weight is 900 g/mol. The van der Waals surface area contributed by atoms with Crippen molar-refractivity contribution in [3.05, 3.63) is 129 Å². The Morgan fingerprint density at radius 1 is 0.689 bits per heavy atom. The second-order valence-electron chi connectivity index (χ2n) is 17.3. The van der Waals surface area contributed by atoms with E-state index < -0.39 is 12.1 Å². The standard InChI is InChI=1S/C24H25ClN2O2S.C20H18ClNO2S.C4H9NO/c1-24(2,3)22-12-15(6-8-26-22)17-11-21(30-14-17)19-5-4-16(10-20(19)25)23(29)27-9-7-18(28)13-27;1-20(2,3)18-10-12(6-7-22-18)14-9-17(25-11-14)15-5-4-13(19(23)24)8-16(15)21;6-4-1-2-5-3-4/h4-6,8,10-12,14,18,28H,7,9,13H2,1-3H3;4-11H,1-3H3,(H,23,24);4-6H,1-3H2. The monoisotopic (exact) mass is 898 g/mol. The number of β-amino-alcohol motifs (C(OH)–C–C–N with tert-alkyl or cyclic N) is 2. The number of nitrogens with zero attached hydrogens (tertiary/aromatic N) is 3. The molecule has 6 aromatic rings. The van der Waals surface area contributed by atoms with Crippen molar-refractivity contribution in [2.45, 2.75) is 77.4 Å². The first-order valence-corrected chi connectivity index (χ1v) is 22.7. The summed E-state index contributed by atoms with van der Waals surface area (Å²) in [6, 6.07) is 22.8. The molecule has 13 heteroatoms. The third-order valence-corrected chi connectivity index (χ3v) is 12.9. The van der Waals surface area contributed by atoms with E-state index in [9.17, 15) is 14.7 Å².